The number of H-pyrrole nitrogens is 1. The van der Waals surface area contributed by atoms with Crippen LogP contribution in [0.1, 0.15) is 35.4 Å². The van der Waals surface area contributed by atoms with Gasteiger partial charge < -0.3 is 10.1 Å². The summed E-state index contributed by atoms with van der Waals surface area (Å²) in [5, 5.41) is 12.7. The van der Waals surface area contributed by atoms with Gasteiger partial charge in [-0.1, -0.05) is 29.8 Å². The standard InChI is InChI=1S/C22H20ClN3O2S/c23-14-7-8-15-16(11-24-18(15)10-14)20(22(27)28)26-9-3-4-13(12-26)21-25-17-5-1-2-6-19(17)29-21/h1-2,5-8,10-11,13,20,24H,3-4,9,12H2,(H,27,28)/t13-,20+/m0/s1. The lowest BCUT2D eigenvalue weighted by atomic mass is 9.95. The first-order valence-corrected chi connectivity index (χ1v) is 10.9. The third-order valence-electron chi connectivity index (χ3n) is 5.68. The number of carboxylic acid groups (broad SMARTS) is 1. The van der Waals surface area contributed by atoms with Crippen molar-refractivity contribution < 1.29 is 9.90 Å². The fourth-order valence-corrected chi connectivity index (χ4v) is 5.61. The predicted molar refractivity (Wildman–Crippen MR) is 117 cm³/mol. The van der Waals surface area contributed by atoms with Crippen LogP contribution in [0, 0.1) is 0 Å². The van der Waals surface area contributed by atoms with E-state index < -0.39 is 12.0 Å². The highest BCUT2D eigenvalue weighted by Crippen LogP contribution is 2.37. The molecule has 0 unspecified atom stereocenters. The van der Waals surface area contributed by atoms with Crippen LogP contribution in [0.25, 0.3) is 21.1 Å². The van der Waals surface area contributed by atoms with E-state index in [4.69, 9.17) is 16.6 Å². The zero-order chi connectivity index (χ0) is 20.0. The Morgan fingerprint density at radius 1 is 1.31 bits per heavy atom. The van der Waals surface area contributed by atoms with E-state index in [-0.39, 0.29) is 5.92 Å². The monoisotopic (exact) mass is 425 g/mol. The highest BCUT2D eigenvalue weighted by Gasteiger charge is 2.34. The molecule has 1 fully saturated rings. The topological polar surface area (TPSA) is 69.2 Å². The molecule has 1 saturated heterocycles. The Hall–Kier alpha value is -2.41. The number of nitrogens with zero attached hydrogens (tertiary/aromatic N) is 2. The Morgan fingerprint density at radius 3 is 3.00 bits per heavy atom. The number of fused-ring (bicyclic) bond motifs is 2. The molecule has 5 nitrogen and oxygen atoms in total. The van der Waals surface area contributed by atoms with Gasteiger partial charge in [0, 0.05) is 40.1 Å². The second-order valence-electron chi connectivity index (χ2n) is 7.53. The number of aliphatic carboxylic acids is 1. The number of aromatic nitrogens is 2. The van der Waals surface area contributed by atoms with E-state index in [2.05, 4.69) is 16.0 Å². The lowest BCUT2D eigenvalue weighted by Crippen LogP contribution is -2.40. The van der Waals surface area contributed by atoms with E-state index in [9.17, 15) is 9.90 Å². The fourth-order valence-electron chi connectivity index (χ4n) is 4.34. The van der Waals surface area contributed by atoms with Gasteiger partial charge in [0.1, 0.15) is 6.04 Å². The summed E-state index contributed by atoms with van der Waals surface area (Å²) in [6.07, 6.45) is 3.80. The molecular formula is C22H20ClN3O2S. The van der Waals surface area contributed by atoms with Crippen molar-refractivity contribution in [2.75, 3.05) is 13.1 Å². The SMILES string of the molecule is O=C(O)[C@@H](c1c[nH]c2cc(Cl)ccc12)N1CCC[C@H](c2nc3ccccc3s2)C1. The van der Waals surface area contributed by atoms with Crippen molar-refractivity contribution in [2.45, 2.75) is 24.8 Å². The molecule has 2 aromatic carbocycles. The van der Waals surface area contributed by atoms with Gasteiger partial charge in [0.05, 0.1) is 15.2 Å². The second kappa shape index (κ2) is 7.44. The van der Waals surface area contributed by atoms with Gasteiger partial charge in [0.15, 0.2) is 0 Å². The maximum absolute atomic E-state index is 12.3. The van der Waals surface area contributed by atoms with E-state index in [1.807, 2.05) is 30.3 Å². The molecule has 0 bridgehead atoms. The highest BCUT2D eigenvalue weighted by atomic mass is 35.5. The minimum absolute atomic E-state index is 0.252. The van der Waals surface area contributed by atoms with Gasteiger partial charge in [-0.2, -0.15) is 0 Å². The van der Waals surface area contributed by atoms with Crippen LogP contribution in [0.2, 0.25) is 5.02 Å². The third kappa shape index (κ3) is 3.41. The molecule has 4 aromatic rings. The largest absolute Gasteiger partial charge is 0.480 e. The van der Waals surface area contributed by atoms with Crippen molar-refractivity contribution in [2.24, 2.45) is 0 Å². The van der Waals surface area contributed by atoms with Gasteiger partial charge in [-0.05, 0) is 43.7 Å². The first kappa shape index (κ1) is 18.6. The number of para-hydroxylation sites is 1. The van der Waals surface area contributed by atoms with Crippen LogP contribution in [0.15, 0.2) is 48.7 Å². The van der Waals surface area contributed by atoms with Crippen molar-refractivity contribution in [3.8, 4) is 0 Å². The average molecular weight is 426 g/mol. The van der Waals surface area contributed by atoms with E-state index in [1.54, 1.807) is 23.6 Å². The summed E-state index contributed by atoms with van der Waals surface area (Å²) in [5.74, 6) is -0.576. The van der Waals surface area contributed by atoms with Gasteiger partial charge in [0.25, 0.3) is 0 Å². The third-order valence-corrected chi connectivity index (χ3v) is 7.12. The molecule has 148 valence electrons. The fraction of sp³-hybridized carbons (Fsp3) is 0.273. The Labute approximate surface area is 176 Å². The Morgan fingerprint density at radius 2 is 2.17 bits per heavy atom. The average Bonchev–Trinajstić information content (AvgIpc) is 3.32. The molecule has 1 aliphatic rings. The van der Waals surface area contributed by atoms with E-state index in [0.717, 1.165) is 46.4 Å². The van der Waals surface area contributed by atoms with Crippen molar-refractivity contribution >= 4 is 50.0 Å². The molecule has 3 heterocycles. The number of halogens is 1. The predicted octanol–water partition coefficient (Wildman–Crippen LogP) is 5.44. The summed E-state index contributed by atoms with van der Waals surface area (Å²) >= 11 is 7.81. The van der Waals surface area contributed by atoms with E-state index in [1.165, 1.54) is 4.70 Å². The molecule has 0 radical (unpaired) electrons. The molecule has 1 aliphatic heterocycles. The summed E-state index contributed by atoms with van der Waals surface area (Å²) in [6, 6.07) is 13.0. The number of piperidine rings is 1. The maximum atomic E-state index is 12.3. The van der Waals surface area contributed by atoms with Gasteiger partial charge in [0.2, 0.25) is 0 Å². The molecule has 0 amide bonds. The molecule has 29 heavy (non-hydrogen) atoms. The zero-order valence-electron chi connectivity index (χ0n) is 15.6. The van der Waals surface area contributed by atoms with Gasteiger partial charge in [-0.3, -0.25) is 9.69 Å². The quantitative estimate of drug-likeness (QED) is 0.457. The smallest absolute Gasteiger partial charge is 0.325 e. The van der Waals surface area contributed by atoms with Crippen molar-refractivity contribution in [1.29, 1.82) is 0 Å². The zero-order valence-corrected chi connectivity index (χ0v) is 17.2. The van der Waals surface area contributed by atoms with Crippen LogP contribution < -0.4 is 0 Å². The highest BCUT2D eigenvalue weighted by molar-refractivity contribution is 7.18. The first-order chi connectivity index (χ1) is 14.1. The molecule has 0 aliphatic carbocycles. The van der Waals surface area contributed by atoms with Gasteiger partial charge in [-0.25, -0.2) is 4.98 Å². The number of rotatable bonds is 4. The van der Waals surface area contributed by atoms with Crippen LogP contribution in [-0.4, -0.2) is 39.0 Å². The number of hydrogen-bond donors (Lipinski definition) is 2. The van der Waals surface area contributed by atoms with E-state index in [0.29, 0.717) is 11.6 Å². The Bertz CT molecular complexity index is 1170. The van der Waals surface area contributed by atoms with Crippen LogP contribution in [-0.2, 0) is 4.79 Å². The summed E-state index contributed by atoms with van der Waals surface area (Å²) in [7, 11) is 0. The second-order valence-corrected chi connectivity index (χ2v) is 9.03. The maximum Gasteiger partial charge on any atom is 0.325 e. The molecular weight excluding hydrogens is 406 g/mol. The van der Waals surface area contributed by atoms with E-state index >= 15 is 0 Å². The van der Waals surface area contributed by atoms with Crippen molar-refractivity contribution in [3.05, 3.63) is 64.3 Å². The summed E-state index contributed by atoms with van der Waals surface area (Å²) in [4.78, 5) is 22.4. The molecule has 2 aromatic heterocycles. The molecule has 2 atom stereocenters. The number of benzene rings is 2. The first-order valence-electron chi connectivity index (χ1n) is 9.69. The summed E-state index contributed by atoms with van der Waals surface area (Å²) in [6.45, 7) is 1.45. The van der Waals surface area contributed by atoms with Crippen LogP contribution in [0.5, 0.6) is 0 Å². The minimum atomic E-state index is -0.828. The van der Waals surface area contributed by atoms with Gasteiger partial charge >= 0.3 is 5.97 Å². The van der Waals surface area contributed by atoms with Crippen LogP contribution in [0.4, 0.5) is 0 Å². The lowest BCUT2D eigenvalue weighted by Gasteiger charge is -2.35. The van der Waals surface area contributed by atoms with Gasteiger partial charge in [-0.15, -0.1) is 11.3 Å². The Kier molecular flexibility index (Phi) is 4.78. The Balaban J connectivity index is 1.47. The number of aromatic amines is 1. The van der Waals surface area contributed by atoms with Crippen molar-refractivity contribution in [1.82, 2.24) is 14.9 Å². The minimum Gasteiger partial charge on any atom is -0.480 e. The number of hydrogen-bond acceptors (Lipinski definition) is 4. The summed E-state index contributed by atoms with van der Waals surface area (Å²) in [5.41, 5.74) is 2.67. The molecule has 2 N–H and O–H groups in total. The number of likely N-dealkylation sites (tertiary alicyclic amines) is 1. The summed E-state index contributed by atoms with van der Waals surface area (Å²) < 4.78 is 1.18. The number of carboxylic acids is 1. The normalized spacial score (nSPS) is 19.0. The molecule has 5 rings (SSSR count). The number of nitrogens with one attached hydrogen (secondary N) is 1. The molecule has 0 saturated carbocycles. The molecule has 0 spiro atoms. The lowest BCUT2D eigenvalue weighted by molar-refractivity contribution is -0.144. The number of carbonyl (C=O) groups is 1. The van der Waals surface area contributed by atoms with Crippen LogP contribution >= 0.6 is 22.9 Å². The van der Waals surface area contributed by atoms with Crippen LogP contribution in [0.3, 0.4) is 0 Å². The van der Waals surface area contributed by atoms with Crippen molar-refractivity contribution in [3.63, 3.8) is 0 Å². The molecule has 7 heteroatoms. The number of thiazole rings is 1.